The zero-order valence-electron chi connectivity index (χ0n) is 7.35. The van der Waals surface area contributed by atoms with Crippen molar-refractivity contribution in [3.05, 3.63) is 34.9 Å². The Kier molecular flexibility index (Phi) is 1.06. The van der Waals surface area contributed by atoms with Crippen LogP contribution in [0.25, 0.3) is 0 Å². The van der Waals surface area contributed by atoms with Crippen LogP contribution in [0.5, 0.6) is 0 Å². The third-order valence-corrected chi connectivity index (χ3v) is 3.28. The third-order valence-electron chi connectivity index (χ3n) is 3.28. The molecule has 3 rings (SSSR count). The number of rotatable bonds is 0. The predicted molar refractivity (Wildman–Crippen MR) is 48.9 cm³/mol. The molecule has 0 saturated heterocycles. The maximum Gasteiger partial charge on any atom is 0.0442 e. The number of aryl methyl sites for hydroxylation is 1. The summed E-state index contributed by atoms with van der Waals surface area (Å²) >= 11 is 0. The lowest BCUT2D eigenvalue weighted by atomic mass is 10.00. The van der Waals surface area contributed by atoms with E-state index in [1.54, 1.807) is 11.1 Å². The normalized spacial score (nSPS) is 22.8. The van der Waals surface area contributed by atoms with Crippen molar-refractivity contribution in [2.24, 2.45) is 0 Å². The highest BCUT2D eigenvalue weighted by molar-refractivity contribution is 5.45. The van der Waals surface area contributed by atoms with Crippen LogP contribution in [0.3, 0.4) is 0 Å². The summed E-state index contributed by atoms with van der Waals surface area (Å²) in [6.07, 6.45) is 2.67. The highest BCUT2D eigenvalue weighted by atomic mass is 15.0. The zero-order chi connectivity index (χ0) is 8.18. The molecular weight excluding hydrogens is 146 g/mol. The first-order valence-corrected chi connectivity index (χ1v) is 4.66. The molecule has 0 unspecified atom stereocenters. The Hall–Kier alpha value is -0.820. The molecule has 2 aliphatic rings. The summed E-state index contributed by atoms with van der Waals surface area (Å²) in [5.41, 5.74) is 4.99. The fraction of sp³-hybridized carbons (Fsp3) is 0.455. The monoisotopic (exact) mass is 159 g/mol. The Morgan fingerprint density at radius 3 is 2.92 bits per heavy atom. The Morgan fingerprint density at radius 1 is 1.33 bits per heavy atom. The maximum absolute atomic E-state index is 3.61. The molecule has 1 heterocycles. The predicted octanol–water partition coefficient (Wildman–Crippen LogP) is 2.09. The van der Waals surface area contributed by atoms with Gasteiger partial charge in [0.1, 0.15) is 0 Å². The van der Waals surface area contributed by atoms with Crippen LogP contribution >= 0.6 is 0 Å². The van der Waals surface area contributed by atoms with Crippen molar-refractivity contribution in [2.75, 3.05) is 0 Å². The molecule has 1 N–H and O–H groups in total. The minimum absolute atomic E-state index is 0.418. The minimum Gasteiger partial charge on any atom is -0.303 e. The van der Waals surface area contributed by atoms with Gasteiger partial charge in [0.05, 0.1) is 0 Å². The smallest absolute Gasteiger partial charge is 0.0442 e. The maximum atomic E-state index is 3.61. The fourth-order valence-electron chi connectivity index (χ4n) is 2.31. The van der Waals surface area contributed by atoms with Crippen LogP contribution in [0.15, 0.2) is 18.2 Å². The van der Waals surface area contributed by atoms with Gasteiger partial charge in [-0.25, -0.2) is 0 Å². The van der Waals surface area contributed by atoms with E-state index in [2.05, 4.69) is 30.4 Å². The summed E-state index contributed by atoms with van der Waals surface area (Å²) < 4.78 is 0. The molecule has 12 heavy (non-hydrogen) atoms. The molecule has 1 fully saturated rings. The second-order valence-corrected chi connectivity index (χ2v) is 4.04. The summed E-state index contributed by atoms with van der Waals surface area (Å²) in [5, 5.41) is 3.61. The molecular formula is C11H13N. The zero-order valence-corrected chi connectivity index (χ0v) is 7.35. The molecule has 0 bridgehead atoms. The molecule has 1 spiro atoms. The first kappa shape index (κ1) is 6.67. The Morgan fingerprint density at radius 2 is 2.17 bits per heavy atom. The van der Waals surface area contributed by atoms with E-state index in [1.165, 1.54) is 18.4 Å². The number of hydrogen-bond donors (Lipinski definition) is 1. The van der Waals surface area contributed by atoms with Crippen LogP contribution in [0.4, 0.5) is 0 Å². The van der Waals surface area contributed by atoms with Crippen LogP contribution in [-0.4, -0.2) is 0 Å². The quantitative estimate of drug-likeness (QED) is 0.611. The average Bonchev–Trinajstić information content (AvgIpc) is 2.73. The minimum atomic E-state index is 0.418. The molecule has 0 amide bonds. The molecule has 1 aliphatic heterocycles. The van der Waals surface area contributed by atoms with Crippen molar-refractivity contribution in [1.82, 2.24) is 5.32 Å². The largest absolute Gasteiger partial charge is 0.303 e. The molecule has 0 aromatic heterocycles. The van der Waals surface area contributed by atoms with Gasteiger partial charge in [0, 0.05) is 12.1 Å². The van der Waals surface area contributed by atoms with Gasteiger partial charge in [-0.3, -0.25) is 0 Å². The second kappa shape index (κ2) is 1.91. The van der Waals surface area contributed by atoms with E-state index in [0.717, 1.165) is 6.54 Å². The first-order chi connectivity index (χ1) is 5.82. The molecule has 0 atom stereocenters. The van der Waals surface area contributed by atoms with Crippen LogP contribution in [0.1, 0.15) is 29.5 Å². The van der Waals surface area contributed by atoms with Crippen molar-refractivity contribution in [3.8, 4) is 0 Å². The molecule has 1 saturated carbocycles. The van der Waals surface area contributed by atoms with Crippen LogP contribution < -0.4 is 5.32 Å². The van der Waals surface area contributed by atoms with Gasteiger partial charge in [-0.05, 0) is 36.5 Å². The lowest BCUT2D eigenvalue weighted by Crippen LogP contribution is -2.19. The Bertz CT molecular complexity index is 337. The molecule has 1 aromatic rings. The van der Waals surface area contributed by atoms with Gasteiger partial charge in [0.2, 0.25) is 0 Å². The third kappa shape index (κ3) is 0.674. The standard InChI is InChI=1S/C11H13N/c1-8-3-2-4-10-9(8)7-12-11(10)5-6-11/h2-4,12H,5-7H2,1H3. The molecule has 1 aromatic carbocycles. The molecule has 0 radical (unpaired) electrons. The number of benzene rings is 1. The van der Waals surface area contributed by atoms with Gasteiger partial charge >= 0.3 is 0 Å². The number of fused-ring (bicyclic) bond motifs is 2. The van der Waals surface area contributed by atoms with Crippen molar-refractivity contribution >= 4 is 0 Å². The SMILES string of the molecule is Cc1cccc2c1CNC21CC1. The second-order valence-electron chi connectivity index (χ2n) is 4.04. The van der Waals surface area contributed by atoms with Gasteiger partial charge in [-0.2, -0.15) is 0 Å². The van der Waals surface area contributed by atoms with Gasteiger partial charge in [-0.1, -0.05) is 18.2 Å². The van der Waals surface area contributed by atoms with E-state index in [9.17, 15) is 0 Å². The van der Waals surface area contributed by atoms with E-state index in [4.69, 9.17) is 0 Å². The van der Waals surface area contributed by atoms with Gasteiger partial charge in [0.25, 0.3) is 0 Å². The van der Waals surface area contributed by atoms with Crippen molar-refractivity contribution in [3.63, 3.8) is 0 Å². The first-order valence-electron chi connectivity index (χ1n) is 4.66. The van der Waals surface area contributed by atoms with Gasteiger partial charge in [-0.15, -0.1) is 0 Å². The lowest BCUT2D eigenvalue weighted by molar-refractivity contribution is 0.574. The van der Waals surface area contributed by atoms with Crippen LogP contribution in [0, 0.1) is 6.92 Å². The van der Waals surface area contributed by atoms with Crippen molar-refractivity contribution in [1.29, 1.82) is 0 Å². The molecule has 1 aliphatic carbocycles. The summed E-state index contributed by atoms with van der Waals surface area (Å²) in [5.74, 6) is 0. The van der Waals surface area contributed by atoms with Gasteiger partial charge in [0.15, 0.2) is 0 Å². The van der Waals surface area contributed by atoms with E-state index in [0.29, 0.717) is 5.54 Å². The number of hydrogen-bond acceptors (Lipinski definition) is 1. The molecule has 1 nitrogen and oxygen atoms in total. The highest BCUT2D eigenvalue weighted by Gasteiger charge is 2.48. The summed E-state index contributed by atoms with van der Waals surface area (Å²) in [6, 6.07) is 6.68. The summed E-state index contributed by atoms with van der Waals surface area (Å²) in [6.45, 7) is 3.30. The van der Waals surface area contributed by atoms with Crippen LogP contribution in [0.2, 0.25) is 0 Å². The van der Waals surface area contributed by atoms with E-state index >= 15 is 0 Å². The van der Waals surface area contributed by atoms with Crippen molar-refractivity contribution < 1.29 is 0 Å². The summed E-state index contributed by atoms with van der Waals surface area (Å²) in [7, 11) is 0. The van der Waals surface area contributed by atoms with Crippen molar-refractivity contribution in [2.45, 2.75) is 31.8 Å². The van der Waals surface area contributed by atoms with Gasteiger partial charge < -0.3 is 5.32 Å². The van der Waals surface area contributed by atoms with E-state index < -0.39 is 0 Å². The van der Waals surface area contributed by atoms with E-state index in [-0.39, 0.29) is 0 Å². The highest BCUT2D eigenvalue weighted by Crippen LogP contribution is 2.50. The molecule has 1 heteroatoms. The molecule has 62 valence electrons. The van der Waals surface area contributed by atoms with E-state index in [1.807, 2.05) is 0 Å². The Labute approximate surface area is 72.8 Å². The average molecular weight is 159 g/mol. The topological polar surface area (TPSA) is 12.0 Å². The number of nitrogens with one attached hydrogen (secondary N) is 1. The van der Waals surface area contributed by atoms with Crippen LogP contribution in [-0.2, 0) is 12.1 Å². The lowest BCUT2D eigenvalue weighted by Gasteiger charge is -2.08. The fourth-order valence-corrected chi connectivity index (χ4v) is 2.31. The Balaban J connectivity index is 2.23. The summed E-state index contributed by atoms with van der Waals surface area (Å²) in [4.78, 5) is 0.